The number of hydrogen-bond acceptors (Lipinski definition) is 8. The Morgan fingerprint density at radius 3 is 2.22 bits per heavy atom. The molecule has 49 heavy (non-hydrogen) atoms. The molecule has 0 spiro atoms. The molecule has 3 amide bonds. The molecule has 0 fully saturated rings. The number of unbranched alkanes of at least 4 members (excludes halogenated alkanes) is 2. The lowest BCUT2D eigenvalue weighted by Gasteiger charge is -2.38. The third-order valence-corrected chi connectivity index (χ3v) is 10.5. The average Bonchev–Trinajstić information content (AvgIpc) is 3.07. The second kappa shape index (κ2) is 16.8. The van der Waals surface area contributed by atoms with Gasteiger partial charge in [0.15, 0.2) is 5.75 Å². The molecule has 0 aliphatic carbocycles. The van der Waals surface area contributed by atoms with Crippen molar-refractivity contribution in [3.63, 3.8) is 0 Å². The maximum atomic E-state index is 13.8. The number of carbonyl (C=O) groups excluding carboxylic acids is 3. The van der Waals surface area contributed by atoms with Crippen LogP contribution in [0, 0.1) is 12.8 Å². The summed E-state index contributed by atoms with van der Waals surface area (Å²) in [6.07, 6.45) is 1.51. The number of ether oxygens (including phenoxy) is 1. The number of nitrogens with zero attached hydrogens (tertiary/aromatic N) is 2. The van der Waals surface area contributed by atoms with Crippen LogP contribution in [0.3, 0.4) is 0 Å². The van der Waals surface area contributed by atoms with Gasteiger partial charge >= 0.3 is 0 Å². The van der Waals surface area contributed by atoms with Gasteiger partial charge in [-0.25, -0.2) is 8.42 Å². The Labute approximate surface area is 288 Å². The summed E-state index contributed by atoms with van der Waals surface area (Å²) in [7, 11) is -2.37. The zero-order valence-corrected chi connectivity index (χ0v) is 29.3. The lowest BCUT2D eigenvalue weighted by Crippen LogP contribution is -2.50. The van der Waals surface area contributed by atoms with E-state index in [-0.39, 0.29) is 78.1 Å². The molecule has 4 rings (SSSR count). The number of likely N-dealkylation sites (N-methyl/N-ethyl adjacent to an activating group) is 1. The van der Waals surface area contributed by atoms with E-state index in [0.29, 0.717) is 30.6 Å². The van der Waals surface area contributed by atoms with E-state index in [4.69, 9.17) is 10.5 Å². The third-order valence-electron chi connectivity index (χ3n) is 8.67. The van der Waals surface area contributed by atoms with Gasteiger partial charge in [-0.15, -0.1) is 0 Å². The van der Waals surface area contributed by atoms with Crippen LogP contribution in [0.2, 0.25) is 0 Å². The zero-order valence-electron chi connectivity index (χ0n) is 28.5. The van der Waals surface area contributed by atoms with E-state index in [1.807, 2.05) is 13.8 Å². The topological polar surface area (TPSA) is 171 Å². The van der Waals surface area contributed by atoms with E-state index in [2.05, 4.69) is 10.6 Å². The van der Waals surface area contributed by atoms with Crippen molar-refractivity contribution in [3.05, 3.63) is 77.9 Å². The van der Waals surface area contributed by atoms with Crippen LogP contribution in [0.15, 0.2) is 71.6 Å². The lowest BCUT2D eigenvalue weighted by atomic mass is 9.99. The SMILES string of the molecule is Cc1ccc(S(=O)(=O)N(C)C[C@H]2Oc3c(NC(=O)CCCCCC(=O)Nc4ccccc4N)cccc3C(=O)N([C@H](C)CO)C[C@@H]2C)cc1. The summed E-state index contributed by atoms with van der Waals surface area (Å²) in [6.45, 7) is 5.41. The summed E-state index contributed by atoms with van der Waals surface area (Å²) in [5, 5.41) is 15.6. The van der Waals surface area contributed by atoms with Crippen LogP contribution < -0.4 is 21.1 Å². The lowest BCUT2D eigenvalue weighted by molar-refractivity contribution is -0.116. The number of fused-ring (bicyclic) bond motifs is 1. The molecule has 1 heterocycles. The molecule has 3 aromatic rings. The van der Waals surface area contributed by atoms with Gasteiger partial charge in [-0.3, -0.25) is 14.4 Å². The van der Waals surface area contributed by atoms with Crippen molar-refractivity contribution in [2.24, 2.45) is 5.92 Å². The number of aryl methyl sites for hydroxylation is 1. The minimum Gasteiger partial charge on any atom is -0.486 e. The summed E-state index contributed by atoms with van der Waals surface area (Å²) in [6, 6.07) is 18.0. The molecule has 0 aromatic heterocycles. The Hall–Kier alpha value is -4.46. The molecule has 1 aliphatic rings. The molecule has 3 atom stereocenters. The van der Waals surface area contributed by atoms with E-state index >= 15 is 0 Å². The molecule has 0 saturated carbocycles. The van der Waals surface area contributed by atoms with E-state index in [1.165, 1.54) is 11.4 Å². The summed E-state index contributed by atoms with van der Waals surface area (Å²) >= 11 is 0. The molecule has 1 aliphatic heterocycles. The number of hydrogen-bond donors (Lipinski definition) is 4. The molecule has 0 unspecified atom stereocenters. The molecule has 3 aromatic carbocycles. The predicted molar refractivity (Wildman–Crippen MR) is 190 cm³/mol. The standard InChI is InChI=1S/C36H47N5O7S/c1-24-17-19-27(20-18-24)49(46,47)40(4)22-32-25(2)21-41(26(3)23-42)36(45)28-11-10-14-31(35(28)48-32)39-34(44)16-7-5-6-15-33(43)38-30-13-9-8-12-29(30)37/h8-14,17-20,25-26,32,42H,5-7,15-16,21-23,37H2,1-4H3,(H,38,43)(H,39,44)/t25-,26+,32+/m0/s1. The quantitative estimate of drug-likeness (QED) is 0.140. The summed E-state index contributed by atoms with van der Waals surface area (Å²) in [5.74, 6) is -1.02. The van der Waals surface area contributed by atoms with Gasteiger partial charge in [-0.05, 0) is 63.1 Å². The van der Waals surface area contributed by atoms with E-state index in [1.54, 1.807) is 78.6 Å². The number of carbonyl (C=O) groups is 3. The number of benzene rings is 3. The Bertz CT molecular complexity index is 1730. The summed E-state index contributed by atoms with van der Waals surface area (Å²) in [5.41, 5.74) is 8.36. The molecule has 5 N–H and O–H groups in total. The highest BCUT2D eigenvalue weighted by molar-refractivity contribution is 7.89. The first-order chi connectivity index (χ1) is 23.3. The van der Waals surface area contributed by atoms with Gasteiger partial charge in [0, 0.05) is 32.4 Å². The highest BCUT2D eigenvalue weighted by Crippen LogP contribution is 2.35. The number of para-hydroxylation sites is 3. The van der Waals surface area contributed by atoms with Crippen molar-refractivity contribution >= 4 is 44.8 Å². The van der Waals surface area contributed by atoms with Gasteiger partial charge in [-0.1, -0.05) is 49.2 Å². The van der Waals surface area contributed by atoms with Crippen molar-refractivity contribution in [2.75, 3.05) is 43.1 Å². The van der Waals surface area contributed by atoms with Crippen LogP contribution in [-0.4, -0.2) is 79.3 Å². The fraction of sp³-hybridized carbons (Fsp3) is 0.417. The van der Waals surface area contributed by atoms with Crippen molar-refractivity contribution in [3.8, 4) is 5.75 Å². The van der Waals surface area contributed by atoms with Gasteiger partial charge in [0.2, 0.25) is 21.8 Å². The van der Waals surface area contributed by atoms with Crippen molar-refractivity contribution in [1.29, 1.82) is 0 Å². The number of nitrogen functional groups attached to an aromatic ring is 1. The van der Waals surface area contributed by atoms with Gasteiger partial charge in [0.05, 0.1) is 46.7 Å². The molecular weight excluding hydrogens is 646 g/mol. The maximum Gasteiger partial charge on any atom is 0.258 e. The van der Waals surface area contributed by atoms with Gasteiger partial charge < -0.3 is 31.1 Å². The van der Waals surface area contributed by atoms with Crippen molar-refractivity contribution < 1.29 is 32.6 Å². The fourth-order valence-corrected chi connectivity index (χ4v) is 6.77. The minimum absolute atomic E-state index is 0.0287. The first kappa shape index (κ1) is 37.4. The molecule has 12 nitrogen and oxygen atoms in total. The summed E-state index contributed by atoms with van der Waals surface area (Å²) < 4.78 is 34.7. The number of aliphatic hydroxyl groups is 1. The minimum atomic E-state index is -3.86. The number of sulfonamides is 1. The van der Waals surface area contributed by atoms with Crippen LogP contribution in [0.5, 0.6) is 5.75 Å². The van der Waals surface area contributed by atoms with Crippen LogP contribution in [-0.2, 0) is 19.6 Å². The number of nitrogens with one attached hydrogen (secondary N) is 2. The molecule has 264 valence electrons. The highest BCUT2D eigenvalue weighted by atomic mass is 32.2. The van der Waals surface area contributed by atoms with Crippen molar-refractivity contribution in [2.45, 2.75) is 69.9 Å². The Balaban J connectivity index is 1.46. The number of nitrogens with two attached hydrogens (primary N) is 1. The molecule has 13 heteroatoms. The Morgan fingerprint density at radius 2 is 1.59 bits per heavy atom. The molecular formula is C36H47N5O7S. The summed E-state index contributed by atoms with van der Waals surface area (Å²) in [4.78, 5) is 40.9. The van der Waals surface area contributed by atoms with Crippen LogP contribution in [0.1, 0.15) is 61.9 Å². The number of rotatable bonds is 14. The van der Waals surface area contributed by atoms with Crippen molar-refractivity contribution in [1.82, 2.24) is 9.21 Å². The monoisotopic (exact) mass is 693 g/mol. The maximum absolute atomic E-state index is 13.8. The smallest absolute Gasteiger partial charge is 0.258 e. The second-order valence-corrected chi connectivity index (χ2v) is 14.7. The largest absolute Gasteiger partial charge is 0.486 e. The van der Waals surface area contributed by atoms with E-state index in [9.17, 15) is 27.9 Å². The highest BCUT2D eigenvalue weighted by Gasteiger charge is 2.36. The normalized spacial score (nSPS) is 17.0. The van der Waals surface area contributed by atoms with Crippen LogP contribution in [0.4, 0.5) is 17.1 Å². The average molecular weight is 694 g/mol. The van der Waals surface area contributed by atoms with Crippen LogP contribution >= 0.6 is 0 Å². The Morgan fingerprint density at radius 1 is 0.980 bits per heavy atom. The van der Waals surface area contributed by atoms with Crippen LogP contribution in [0.25, 0.3) is 0 Å². The second-order valence-electron chi connectivity index (χ2n) is 12.6. The van der Waals surface area contributed by atoms with Gasteiger partial charge in [0.25, 0.3) is 5.91 Å². The zero-order chi connectivity index (χ0) is 35.7. The molecule has 0 radical (unpaired) electrons. The molecule has 0 bridgehead atoms. The van der Waals surface area contributed by atoms with E-state index in [0.717, 1.165) is 5.56 Å². The first-order valence-electron chi connectivity index (χ1n) is 16.5. The van der Waals surface area contributed by atoms with E-state index < -0.39 is 22.2 Å². The fourth-order valence-electron chi connectivity index (χ4n) is 5.59. The molecule has 0 saturated heterocycles. The Kier molecular flexibility index (Phi) is 12.8. The predicted octanol–water partition coefficient (Wildman–Crippen LogP) is 4.65. The van der Waals surface area contributed by atoms with Gasteiger partial charge in [0.1, 0.15) is 6.10 Å². The van der Waals surface area contributed by atoms with Gasteiger partial charge in [-0.2, -0.15) is 4.31 Å². The number of amides is 3. The third kappa shape index (κ3) is 9.58. The first-order valence-corrected chi connectivity index (χ1v) is 17.9. The number of anilines is 3. The number of aliphatic hydroxyl groups excluding tert-OH is 1.